The van der Waals surface area contributed by atoms with E-state index in [0.29, 0.717) is 19.5 Å². The number of benzene rings is 3. The molecule has 0 radical (unpaired) electrons. The number of rotatable bonds is 9. The van der Waals surface area contributed by atoms with E-state index in [0.717, 1.165) is 22.3 Å². The van der Waals surface area contributed by atoms with Crippen molar-refractivity contribution in [1.82, 2.24) is 10.2 Å². The maximum absolute atomic E-state index is 13.5. The van der Waals surface area contributed by atoms with Crippen LogP contribution in [-0.4, -0.2) is 29.3 Å². The summed E-state index contributed by atoms with van der Waals surface area (Å²) in [5.74, 6) is -0.178. The van der Waals surface area contributed by atoms with Gasteiger partial charge in [-0.15, -0.1) is 0 Å². The molecule has 3 aromatic rings. The Labute approximate surface area is 184 Å². The summed E-state index contributed by atoms with van der Waals surface area (Å²) in [7, 11) is 0. The lowest BCUT2D eigenvalue weighted by Crippen LogP contribution is -2.51. The first-order chi connectivity index (χ1) is 15.1. The van der Waals surface area contributed by atoms with E-state index in [4.69, 9.17) is 0 Å². The molecule has 2 amide bonds. The zero-order chi connectivity index (χ0) is 22.1. The molecule has 0 aliphatic rings. The van der Waals surface area contributed by atoms with Gasteiger partial charge in [0.25, 0.3) is 0 Å². The molecule has 0 heterocycles. The molecule has 0 bridgehead atoms. The van der Waals surface area contributed by atoms with Crippen LogP contribution in [0.5, 0.6) is 0 Å². The molecule has 0 aliphatic carbocycles. The van der Waals surface area contributed by atoms with E-state index >= 15 is 0 Å². The molecular weight excluding hydrogens is 384 g/mol. The molecular formula is C27H30N2O2. The molecule has 3 aromatic carbocycles. The van der Waals surface area contributed by atoms with Crippen molar-refractivity contribution >= 4 is 11.8 Å². The first-order valence-electron chi connectivity index (χ1n) is 10.8. The fourth-order valence-corrected chi connectivity index (χ4v) is 3.69. The second-order valence-electron chi connectivity index (χ2n) is 7.71. The minimum absolute atomic E-state index is 0.0540. The van der Waals surface area contributed by atoms with Crippen molar-refractivity contribution in [1.29, 1.82) is 0 Å². The minimum atomic E-state index is -0.585. The van der Waals surface area contributed by atoms with Crippen LogP contribution >= 0.6 is 0 Å². The summed E-state index contributed by atoms with van der Waals surface area (Å²) in [5.41, 5.74) is 4.12. The van der Waals surface area contributed by atoms with Gasteiger partial charge in [-0.25, -0.2) is 0 Å². The molecule has 160 valence electrons. The topological polar surface area (TPSA) is 49.4 Å². The largest absolute Gasteiger partial charge is 0.355 e. The van der Waals surface area contributed by atoms with Gasteiger partial charge in [0.05, 0.1) is 6.42 Å². The Morgan fingerprint density at radius 3 is 2.03 bits per heavy atom. The highest BCUT2D eigenvalue weighted by atomic mass is 16.2. The van der Waals surface area contributed by atoms with Crippen molar-refractivity contribution in [3.63, 3.8) is 0 Å². The van der Waals surface area contributed by atoms with E-state index in [1.54, 1.807) is 4.90 Å². The number of carbonyl (C=O) groups excluding carboxylic acids is 2. The van der Waals surface area contributed by atoms with Crippen LogP contribution in [0.3, 0.4) is 0 Å². The van der Waals surface area contributed by atoms with Crippen LogP contribution in [0, 0.1) is 6.92 Å². The Morgan fingerprint density at radius 1 is 0.839 bits per heavy atom. The molecule has 0 saturated heterocycles. The van der Waals surface area contributed by atoms with Crippen LogP contribution in [0.2, 0.25) is 0 Å². The summed E-state index contributed by atoms with van der Waals surface area (Å²) in [6.45, 7) is 4.85. The van der Waals surface area contributed by atoms with Crippen molar-refractivity contribution < 1.29 is 9.59 Å². The average Bonchev–Trinajstić information content (AvgIpc) is 2.79. The van der Waals surface area contributed by atoms with Crippen LogP contribution < -0.4 is 5.32 Å². The number of aryl methyl sites for hydroxylation is 1. The van der Waals surface area contributed by atoms with Crippen molar-refractivity contribution in [2.45, 2.75) is 39.3 Å². The predicted molar refractivity (Wildman–Crippen MR) is 124 cm³/mol. The second kappa shape index (κ2) is 11.1. The van der Waals surface area contributed by atoms with Crippen molar-refractivity contribution in [3.05, 3.63) is 107 Å². The number of nitrogens with one attached hydrogen (secondary N) is 1. The first-order valence-corrected chi connectivity index (χ1v) is 10.8. The van der Waals surface area contributed by atoms with E-state index in [2.05, 4.69) is 5.32 Å². The molecule has 4 nitrogen and oxygen atoms in total. The van der Waals surface area contributed by atoms with Crippen molar-refractivity contribution in [2.24, 2.45) is 0 Å². The molecule has 31 heavy (non-hydrogen) atoms. The molecule has 3 rings (SSSR count). The summed E-state index contributed by atoms with van der Waals surface area (Å²) in [6.07, 6.45) is 0.733. The van der Waals surface area contributed by atoms with Crippen molar-refractivity contribution in [3.8, 4) is 0 Å². The zero-order valence-electron chi connectivity index (χ0n) is 18.3. The maximum atomic E-state index is 13.5. The lowest BCUT2D eigenvalue weighted by atomic mass is 10.0. The standard InChI is InChI=1S/C27H30N2O2/c1-3-28-27(31)25(18-22-13-6-4-7-14-22)29(20-24-17-11-10-12-21(24)2)26(30)19-23-15-8-5-9-16-23/h4-17,25H,3,18-20H2,1-2H3,(H,28,31)/t25-/m0/s1. The predicted octanol–water partition coefficient (Wildman–Crippen LogP) is 4.31. The Morgan fingerprint density at radius 2 is 1.42 bits per heavy atom. The Kier molecular flexibility index (Phi) is 7.99. The highest BCUT2D eigenvalue weighted by Gasteiger charge is 2.30. The molecule has 0 unspecified atom stereocenters. The fraction of sp³-hybridized carbons (Fsp3) is 0.259. The molecule has 0 aliphatic heterocycles. The van der Waals surface area contributed by atoms with E-state index in [-0.39, 0.29) is 18.2 Å². The molecule has 0 spiro atoms. The molecule has 0 saturated carbocycles. The highest BCUT2D eigenvalue weighted by Crippen LogP contribution is 2.18. The van der Waals surface area contributed by atoms with Gasteiger partial charge in [-0.2, -0.15) is 0 Å². The molecule has 1 N–H and O–H groups in total. The SMILES string of the molecule is CCNC(=O)[C@H](Cc1ccccc1)N(Cc1ccccc1C)C(=O)Cc1ccccc1. The first kappa shape index (κ1) is 22.3. The van der Waals surface area contributed by atoms with Crippen LogP contribution in [0.4, 0.5) is 0 Å². The third-order valence-electron chi connectivity index (χ3n) is 5.42. The van der Waals surface area contributed by atoms with Gasteiger partial charge < -0.3 is 10.2 Å². The number of hydrogen-bond acceptors (Lipinski definition) is 2. The van der Waals surface area contributed by atoms with Crippen LogP contribution in [-0.2, 0) is 29.0 Å². The zero-order valence-corrected chi connectivity index (χ0v) is 18.3. The van der Waals surface area contributed by atoms with E-state index < -0.39 is 6.04 Å². The van der Waals surface area contributed by atoms with Gasteiger partial charge in [-0.3, -0.25) is 9.59 Å². The molecule has 4 heteroatoms. The lowest BCUT2D eigenvalue weighted by Gasteiger charge is -2.32. The van der Waals surface area contributed by atoms with Gasteiger partial charge in [0.1, 0.15) is 6.04 Å². The van der Waals surface area contributed by atoms with E-state index in [1.807, 2.05) is 98.8 Å². The summed E-state index contributed by atoms with van der Waals surface area (Å²) in [6, 6.07) is 27.0. The third-order valence-corrected chi connectivity index (χ3v) is 5.42. The number of hydrogen-bond donors (Lipinski definition) is 1. The van der Waals surface area contributed by atoms with Gasteiger partial charge in [0, 0.05) is 19.5 Å². The van der Waals surface area contributed by atoms with E-state index in [9.17, 15) is 9.59 Å². The van der Waals surface area contributed by atoms with Gasteiger partial charge >= 0.3 is 0 Å². The molecule has 0 fully saturated rings. The van der Waals surface area contributed by atoms with E-state index in [1.165, 1.54) is 0 Å². The number of amides is 2. The highest BCUT2D eigenvalue weighted by molar-refractivity contribution is 5.88. The number of nitrogens with zero attached hydrogens (tertiary/aromatic N) is 1. The second-order valence-corrected chi connectivity index (χ2v) is 7.71. The van der Waals surface area contributed by atoms with Gasteiger partial charge in [-0.05, 0) is 36.1 Å². The molecule has 1 atom stereocenters. The normalized spacial score (nSPS) is 11.5. The summed E-state index contributed by atoms with van der Waals surface area (Å²) in [5, 5.41) is 2.93. The van der Waals surface area contributed by atoms with Crippen LogP contribution in [0.1, 0.15) is 29.2 Å². The van der Waals surface area contributed by atoms with Crippen LogP contribution in [0.25, 0.3) is 0 Å². The van der Waals surface area contributed by atoms with Gasteiger partial charge in [0.15, 0.2) is 0 Å². The smallest absolute Gasteiger partial charge is 0.243 e. The van der Waals surface area contributed by atoms with Gasteiger partial charge in [-0.1, -0.05) is 84.9 Å². The fourth-order valence-electron chi connectivity index (χ4n) is 3.69. The Balaban J connectivity index is 1.95. The maximum Gasteiger partial charge on any atom is 0.243 e. The Hall–Kier alpha value is -3.40. The van der Waals surface area contributed by atoms with Crippen LogP contribution in [0.15, 0.2) is 84.9 Å². The van der Waals surface area contributed by atoms with Crippen molar-refractivity contribution in [2.75, 3.05) is 6.54 Å². The summed E-state index contributed by atoms with van der Waals surface area (Å²) in [4.78, 5) is 28.4. The minimum Gasteiger partial charge on any atom is -0.355 e. The average molecular weight is 415 g/mol. The quantitative estimate of drug-likeness (QED) is 0.567. The van der Waals surface area contributed by atoms with Gasteiger partial charge in [0.2, 0.25) is 11.8 Å². The summed E-state index contributed by atoms with van der Waals surface area (Å²) < 4.78 is 0. The summed E-state index contributed by atoms with van der Waals surface area (Å²) >= 11 is 0. The number of likely N-dealkylation sites (N-methyl/N-ethyl adjacent to an activating group) is 1. The lowest BCUT2D eigenvalue weighted by molar-refractivity contribution is -0.140. The monoisotopic (exact) mass is 414 g/mol. The third kappa shape index (κ3) is 6.29. The Bertz CT molecular complexity index is 986. The number of carbonyl (C=O) groups is 2. The molecule has 0 aromatic heterocycles.